The first kappa shape index (κ1) is 12.5. The monoisotopic (exact) mass is 254 g/mol. The van der Waals surface area contributed by atoms with Gasteiger partial charge in [0.1, 0.15) is 11.6 Å². The second kappa shape index (κ2) is 4.72. The maximum Gasteiger partial charge on any atom is 0.231 e. The standard InChI is InChI=1S/C12H12F2N2O2/c1-7(17)16-5-8(6-16)12(18)15-11-4-9(13)2-3-10(11)14/h2-4,8H,5-6H2,1H3,(H,15,18). The van der Waals surface area contributed by atoms with E-state index in [9.17, 15) is 18.4 Å². The molecule has 18 heavy (non-hydrogen) atoms. The zero-order valence-corrected chi connectivity index (χ0v) is 9.74. The summed E-state index contributed by atoms with van der Waals surface area (Å²) >= 11 is 0. The molecule has 0 atom stereocenters. The van der Waals surface area contributed by atoms with Crippen LogP contribution in [0.2, 0.25) is 0 Å². The van der Waals surface area contributed by atoms with E-state index in [1.165, 1.54) is 11.8 Å². The summed E-state index contributed by atoms with van der Waals surface area (Å²) in [5.41, 5.74) is -0.179. The van der Waals surface area contributed by atoms with Gasteiger partial charge in [-0.25, -0.2) is 8.78 Å². The molecule has 1 saturated heterocycles. The quantitative estimate of drug-likeness (QED) is 0.866. The van der Waals surface area contributed by atoms with Crippen molar-refractivity contribution in [2.24, 2.45) is 5.92 Å². The largest absolute Gasteiger partial charge is 0.341 e. The summed E-state index contributed by atoms with van der Waals surface area (Å²) < 4.78 is 26.2. The minimum atomic E-state index is -0.688. The maximum absolute atomic E-state index is 13.3. The van der Waals surface area contributed by atoms with E-state index in [4.69, 9.17) is 0 Å². The minimum Gasteiger partial charge on any atom is -0.341 e. The predicted molar refractivity (Wildman–Crippen MR) is 60.7 cm³/mol. The zero-order valence-electron chi connectivity index (χ0n) is 9.74. The van der Waals surface area contributed by atoms with E-state index in [1.54, 1.807) is 0 Å². The first-order chi connectivity index (χ1) is 8.47. The molecule has 0 unspecified atom stereocenters. The summed E-state index contributed by atoms with van der Waals surface area (Å²) in [5, 5.41) is 2.32. The molecular weight excluding hydrogens is 242 g/mol. The highest BCUT2D eigenvalue weighted by Crippen LogP contribution is 2.20. The van der Waals surface area contributed by atoms with Gasteiger partial charge in [-0.2, -0.15) is 0 Å². The van der Waals surface area contributed by atoms with Crippen LogP contribution in [0.15, 0.2) is 18.2 Å². The molecule has 0 aromatic heterocycles. The van der Waals surface area contributed by atoms with E-state index in [0.717, 1.165) is 18.2 Å². The maximum atomic E-state index is 13.3. The number of benzene rings is 1. The second-order valence-corrected chi connectivity index (χ2v) is 4.23. The topological polar surface area (TPSA) is 49.4 Å². The Morgan fingerprint density at radius 2 is 2.00 bits per heavy atom. The first-order valence-corrected chi connectivity index (χ1v) is 5.49. The third-order valence-corrected chi connectivity index (χ3v) is 2.88. The number of amides is 2. The number of rotatable bonds is 2. The van der Waals surface area contributed by atoms with Crippen molar-refractivity contribution in [3.63, 3.8) is 0 Å². The summed E-state index contributed by atoms with van der Waals surface area (Å²) in [4.78, 5) is 24.1. The van der Waals surface area contributed by atoms with Crippen molar-refractivity contribution in [3.8, 4) is 0 Å². The molecule has 4 nitrogen and oxygen atoms in total. The number of carbonyl (C=O) groups excluding carboxylic acids is 2. The fourth-order valence-electron chi connectivity index (χ4n) is 1.73. The van der Waals surface area contributed by atoms with Gasteiger partial charge in [0, 0.05) is 26.1 Å². The van der Waals surface area contributed by atoms with Crippen molar-refractivity contribution in [2.45, 2.75) is 6.92 Å². The van der Waals surface area contributed by atoms with Gasteiger partial charge in [0.05, 0.1) is 11.6 Å². The number of likely N-dealkylation sites (tertiary alicyclic amines) is 1. The van der Waals surface area contributed by atoms with Crippen LogP contribution in [0, 0.1) is 17.6 Å². The van der Waals surface area contributed by atoms with E-state index in [0.29, 0.717) is 13.1 Å². The van der Waals surface area contributed by atoms with Crippen LogP contribution in [-0.2, 0) is 9.59 Å². The minimum absolute atomic E-state index is 0.101. The molecule has 1 fully saturated rings. The van der Waals surface area contributed by atoms with Crippen LogP contribution < -0.4 is 5.32 Å². The van der Waals surface area contributed by atoms with Crippen molar-refractivity contribution < 1.29 is 18.4 Å². The Kier molecular flexibility index (Phi) is 3.27. The molecule has 1 aromatic carbocycles. The van der Waals surface area contributed by atoms with E-state index < -0.39 is 17.5 Å². The van der Waals surface area contributed by atoms with Gasteiger partial charge in [-0.05, 0) is 12.1 Å². The number of anilines is 1. The van der Waals surface area contributed by atoms with Crippen molar-refractivity contribution in [1.82, 2.24) is 4.90 Å². The fraction of sp³-hybridized carbons (Fsp3) is 0.333. The number of halogens is 2. The molecular formula is C12H12F2N2O2. The lowest BCUT2D eigenvalue weighted by atomic mass is 9.99. The lowest BCUT2D eigenvalue weighted by molar-refractivity contribution is -0.139. The molecule has 1 heterocycles. The highest BCUT2D eigenvalue weighted by molar-refractivity contribution is 5.94. The molecule has 2 rings (SSSR count). The van der Waals surface area contributed by atoms with Crippen molar-refractivity contribution in [3.05, 3.63) is 29.8 Å². The predicted octanol–water partition coefficient (Wildman–Crippen LogP) is 1.38. The Hall–Kier alpha value is -1.98. The highest BCUT2D eigenvalue weighted by atomic mass is 19.1. The Balaban J connectivity index is 1.96. The number of hydrogen-bond acceptors (Lipinski definition) is 2. The highest BCUT2D eigenvalue weighted by Gasteiger charge is 2.34. The van der Waals surface area contributed by atoms with Crippen molar-refractivity contribution >= 4 is 17.5 Å². The van der Waals surface area contributed by atoms with Crippen LogP contribution in [0.4, 0.5) is 14.5 Å². The SMILES string of the molecule is CC(=O)N1CC(C(=O)Nc2cc(F)ccc2F)C1. The molecule has 0 bridgehead atoms. The molecule has 96 valence electrons. The third-order valence-electron chi connectivity index (χ3n) is 2.88. The Bertz CT molecular complexity index is 499. The van der Waals surface area contributed by atoms with Gasteiger partial charge in [-0.1, -0.05) is 0 Å². The molecule has 0 radical (unpaired) electrons. The molecule has 1 aliphatic heterocycles. The summed E-state index contributed by atoms with van der Waals surface area (Å²) in [7, 11) is 0. The van der Waals surface area contributed by atoms with Crippen LogP contribution in [0.25, 0.3) is 0 Å². The molecule has 2 amide bonds. The lowest BCUT2D eigenvalue weighted by Gasteiger charge is -2.37. The van der Waals surface area contributed by atoms with E-state index in [-0.39, 0.29) is 17.5 Å². The van der Waals surface area contributed by atoms with Crippen LogP contribution >= 0.6 is 0 Å². The number of nitrogens with zero attached hydrogens (tertiary/aromatic N) is 1. The van der Waals surface area contributed by atoms with E-state index >= 15 is 0 Å². The molecule has 0 saturated carbocycles. The normalized spacial score (nSPS) is 15.2. The smallest absolute Gasteiger partial charge is 0.231 e. The molecule has 0 spiro atoms. The lowest BCUT2D eigenvalue weighted by Crippen LogP contribution is -2.53. The van der Waals surface area contributed by atoms with Crippen LogP contribution in [0.1, 0.15) is 6.92 Å². The van der Waals surface area contributed by atoms with Crippen molar-refractivity contribution in [2.75, 3.05) is 18.4 Å². The van der Waals surface area contributed by atoms with Gasteiger partial charge in [0.15, 0.2) is 0 Å². The first-order valence-electron chi connectivity index (χ1n) is 5.49. The van der Waals surface area contributed by atoms with Gasteiger partial charge in [-0.15, -0.1) is 0 Å². The van der Waals surface area contributed by atoms with Crippen molar-refractivity contribution in [1.29, 1.82) is 0 Å². The average Bonchev–Trinajstić information content (AvgIpc) is 2.20. The average molecular weight is 254 g/mol. The molecule has 1 N–H and O–H groups in total. The molecule has 0 aliphatic carbocycles. The van der Waals surface area contributed by atoms with E-state index in [1.807, 2.05) is 0 Å². The summed E-state index contributed by atoms with van der Waals surface area (Å²) in [6.07, 6.45) is 0. The Morgan fingerprint density at radius 3 is 2.61 bits per heavy atom. The van der Waals surface area contributed by atoms with Gasteiger partial charge < -0.3 is 10.2 Å². The van der Waals surface area contributed by atoms with Gasteiger partial charge in [-0.3, -0.25) is 9.59 Å². The van der Waals surface area contributed by atoms with E-state index in [2.05, 4.69) is 5.32 Å². The van der Waals surface area contributed by atoms with Crippen LogP contribution in [0.3, 0.4) is 0 Å². The summed E-state index contributed by atoms with van der Waals surface area (Å²) in [6.45, 7) is 2.05. The van der Waals surface area contributed by atoms with Gasteiger partial charge in [0.25, 0.3) is 0 Å². The van der Waals surface area contributed by atoms with Gasteiger partial charge in [0.2, 0.25) is 11.8 Å². The third kappa shape index (κ3) is 2.47. The van der Waals surface area contributed by atoms with Crippen LogP contribution in [0.5, 0.6) is 0 Å². The summed E-state index contributed by atoms with van der Waals surface area (Å²) in [5.74, 6) is -2.18. The Morgan fingerprint density at radius 1 is 1.33 bits per heavy atom. The van der Waals surface area contributed by atoms with Crippen LogP contribution in [-0.4, -0.2) is 29.8 Å². The molecule has 1 aromatic rings. The number of carbonyl (C=O) groups is 2. The fourth-order valence-corrected chi connectivity index (χ4v) is 1.73. The molecule has 1 aliphatic rings. The number of nitrogens with one attached hydrogen (secondary N) is 1. The Labute approximate surface area is 103 Å². The zero-order chi connectivity index (χ0) is 13.3. The molecule has 6 heteroatoms. The summed E-state index contributed by atoms with van der Waals surface area (Å²) in [6, 6.07) is 2.86. The van der Waals surface area contributed by atoms with Gasteiger partial charge >= 0.3 is 0 Å². The number of hydrogen-bond donors (Lipinski definition) is 1. The second-order valence-electron chi connectivity index (χ2n) is 4.23.